The Kier molecular flexibility index (Phi) is 10.4. The molecule has 1 aliphatic rings. The van der Waals surface area contributed by atoms with Crippen molar-refractivity contribution in [3.05, 3.63) is 66.4 Å². The van der Waals surface area contributed by atoms with Crippen molar-refractivity contribution in [2.45, 2.75) is 90.9 Å². The average Bonchev–Trinajstić information content (AvgIpc) is 2.89. The van der Waals surface area contributed by atoms with E-state index in [9.17, 15) is 19.8 Å². The van der Waals surface area contributed by atoms with Crippen LogP contribution in [-0.4, -0.2) is 39.1 Å². The molecule has 0 bridgehead atoms. The van der Waals surface area contributed by atoms with Gasteiger partial charge in [-0.25, -0.2) is 0 Å². The minimum absolute atomic E-state index is 0.0692. The number of carbonyl (C=O) groups is 2. The molecule has 1 aromatic carbocycles. The van der Waals surface area contributed by atoms with Crippen LogP contribution in [-0.2, 0) is 9.59 Å². The summed E-state index contributed by atoms with van der Waals surface area (Å²) in [6, 6.07) is 11.4. The number of carbonyl (C=O) groups excluding carboxylic acids is 2. The largest absolute Gasteiger partial charge is 0.392 e. The van der Waals surface area contributed by atoms with E-state index in [0.29, 0.717) is 19.3 Å². The van der Waals surface area contributed by atoms with Gasteiger partial charge in [0.05, 0.1) is 41.3 Å². The Bertz CT molecular complexity index is 1160. The number of ketones is 1. The van der Waals surface area contributed by atoms with Crippen LogP contribution in [0.15, 0.2) is 60.7 Å². The van der Waals surface area contributed by atoms with Crippen LogP contribution in [0.25, 0.3) is 10.9 Å². The van der Waals surface area contributed by atoms with Crippen molar-refractivity contribution in [1.29, 1.82) is 0 Å². The standard InChI is InChI=1S/C32H44N2O4/c1-6-7-14-24-30(37)22(3)12-10-11-21(2)16-18-27(26-19-17-23-13-8-9-15-25(23)33-26)34-29(36)20-28(35)32(4,5)31(24)38/h6,8-9,13,15-17,19,22,24,27-28,30,35,37H,1,7,10-12,14,18,20H2,2-5H3,(H,34,36)/b21-16+/t22-,24+,27-,28-,30-/m0/s1. The van der Waals surface area contributed by atoms with E-state index >= 15 is 0 Å². The van der Waals surface area contributed by atoms with Gasteiger partial charge in [0.2, 0.25) is 5.91 Å². The molecule has 6 heteroatoms. The van der Waals surface area contributed by atoms with Crippen molar-refractivity contribution < 1.29 is 19.8 Å². The Labute approximate surface area is 227 Å². The molecule has 0 radical (unpaired) electrons. The fourth-order valence-corrected chi connectivity index (χ4v) is 5.30. The number of hydrogen-bond donors (Lipinski definition) is 3. The molecular formula is C32H44N2O4. The lowest BCUT2D eigenvalue weighted by molar-refractivity contribution is -0.144. The normalized spacial score (nSPS) is 29.3. The van der Waals surface area contributed by atoms with E-state index in [-0.39, 0.29) is 30.1 Å². The summed E-state index contributed by atoms with van der Waals surface area (Å²) < 4.78 is 0. The van der Waals surface area contributed by atoms with Crippen LogP contribution in [0.1, 0.15) is 84.4 Å². The van der Waals surface area contributed by atoms with Crippen molar-refractivity contribution in [3.63, 3.8) is 0 Å². The number of aromatic nitrogens is 1. The number of rotatable bonds is 4. The highest BCUT2D eigenvalue weighted by molar-refractivity contribution is 5.88. The summed E-state index contributed by atoms with van der Waals surface area (Å²) in [6.07, 6.45) is 5.84. The molecule has 0 fully saturated rings. The monoisotopic (exact) mass is 520 g/mol. The summed E-state index contributed by atoms with van der Waals surface area (Å²) in [7, 11) is 0. The van der Waals surface area contributed by atoms with Crippen LogP contribution in [0.3, 0.4) is 0 Å². The smallest absolute Gasteiger partial charge is 0.223 e. The number of para-hydroxylation sites is 1. The Hall–Kier alpha value is -2.83. The van der Waals surface area contributed by atoms with E-state index < -0.39 is 23.5 Å². The van der Waals surface area contributed by atoms with Gasteiger partial charge in [-0.05, 0) is 63.5 Å². The maximum absolute atomic E-state index is 13.7. The number of allylic oxidation sites excluding steroid dienone is 2. The molecule has 6 nitrogen and oxygen atoms in total. The topological polar surface area (TPSA) is 99.5 Å². The SMILES string of the molecule is C=CCC[C@H]1C(=O)C(C)(C)[C@@H](O)CC(=O)N[C@H](c2ccc3ccccc3n2)C/C=C(\C)CCC[C@H](C)[C@@H]1O. The van der Waals surface area contributed by atoms with Crippen molar-refractivity contribution in [2.24, 2.45) is 17.3 Å². The highest BCUT2D eigenvalue weighted by Crippen LogP contribution is 2.34. The summed E-state index contributed by atoms with van der Waals surface area (Å²) >= 11 is 0. The molecule has 3 N–H and O–H groups in total. The molecule has 206 valence electrons. The molecule has 0 saturated heterocycles. The van der Waals surface area contributed by atoms with Gasteiger partial charge in [-0.2, -0.15) is 0 Å². The summed E-state index contributed by atoms with van der Waals surface area (Å²) in [5, 5.41) is 26.4. The maximum Gasteiger partial charge on any atom is 0.223 e. The van der Waals surface area contributed by atoms with Crippen LogP contribution >= 0.6 is 0 Å². The summed E-state index contributed by atoms with van der Waals surface area (Å²) in [5.41, 5.74) is 1.62. The first-order valence-electron chi connectivity index (χ1n) is 13.9. The molecule has 1 aromatic heterocycles. The van der Waals surface area contributed by atoms with E-state index in [1.165, 1.54) is 5.57 Å². The number of amides is 1. The van der Waals surface area contributed by atoms with Gasteiger partial charge in [-0.1, -0.05) is 62.8 Å². The fraction of sp³-hybridized carbons (Fsp3) is 0.531. The molecule has 5 atom stereocenters. The van der Waals surface area contributed by atoms with E-state index in [1.54, 1.807) is 19.9 Å². The first kappa shape index (κ1) is 29.7. The summed E-state index contributed by atoms with van der Waals surface area (Å²) in [5.74, 6) is -1.25. The average molecular weight is 521 g/mol. The molecule has 38 heavy (non-hydrogen) atoms. The first-order valence-corrected chi connectivity index (χ1v) is 13.9. The maximum atomic E-state index is 13.7. The number of nitrogens with zero attached hydrogens (tertiary/aromatic N) is 1. The van der Waals surface area contributed by atoms with Crippen LogP contribution in [0, 0.1) is 17.3 Å². The second kappa shape index (κ2) is 13.3. The van der Waals surface area contributed by atoms with E-state index in [2.05, 4.69) is 24.9 Å². The zero-order valence-electron chi connectivity index (χ0n) is 23.3. The molecule has 0 aliphatic carbocycles. The van der Waals surface area contributed by atoms with Crippen molar-refractivity contribution in [1.82, 2.24) is 10.3 Å². The molecule has 2 aromatic rings. The van der Waals surface area contributed by atoms with Crippen molar-refractivity contribution in [2.75, 3.05) is 0 Å². The Morgan fingerprint density at radius 3 is 2.63 bits per heavy atom. The lowest BCUT2D eigenvalue weighted by Crippen LogP contribution is -2.47. The number of nitrogens with one attached hydrogen (secondary N) is 1. The summed E-state index contributed by atoms with van der Waals surface area (Å²) in [6.45, 7) is 11.2. The second-order valence-electron chi connectivity index (χ2n) is 11.5. The Morgan fingerprint density at radius 1 is 1.16 bits per heavy atom. The van der Waals surface area contributed by atoms with Gasteiger partial charge in [0.25, 0.3) is 0 Å². The number of Topliss-reactive ketones (excluding diaryl/α,β-unsaturated/α-hetero) is 1. The predicted octanol–water partition coefficient (Wildman–Crippen LogP) is 5.84. The van der Waals surface area contributed by atoms with Gasteiger partial charge >= 0.3 is 0 Å². The molecule has 1 amide bonds. The van der Waals surface area contributed by atoms with Crippen LogP contribution in [0.2, 0.25) is 0 Å². The van der Waals surface area contributed by atoms with Gasteiger partial charge in [0.15, 0.2) is 0 Å². The first-order chi connectivity index (χ1) is 18.0. The minimum Gasteiger partial charge on any atom is -0.392 e. The lowest BCUT2D eigenvalue weighted by Gasteiger charge is -2.36. The number of aliphatic hydroxyl groups excluding tert-OH is 2. The molecule has 3 rings (SSSR count). The number of fused-ring (bicyclic) bond motifs is 1. The van der Waals surface area contributed by atoms with Gasteiger partial charge in [-0.3, -0.25) is 14.6 Å². The third kappa shape index (κ3) is 7.39. The number of pyridine rings is 1. The van der Waals surface area contributed by atoms with E-state index in [1.807, 2.05) is 43.3 Å². The number of hydrogen-bond acceptors (Lipinski definition) is 5. The quantitative estimate of drug-likeness (QED) is 0.440. The predicted molar refractivity (Wildman–Crippen MR) is 152 cm³/mol. The highest BCUT2D eigenvalue weighted by atomic mass is 16.3. The zero-order chi connectivity index (χ0) is 27.9. The van der Waals surface area contributed by atoms with Gasteiger partial charge < -0.3 is 15.5 Å². The van der Waals surface area contributed by atoms with Crippen LogP contribution in [0.4, 0.5) is 0 Å². The third-order valence-electron chi connectivity index (χ3n) is 8.11. The van der Waals surface area contributed by atoms with E-state index in [0.717, 1.165) is 35.9 Å². The van der Waals surface area contributed by atoms with Crippen molar-refractivity contribution >= 4 is 22.6 Å². The minimum atomic E-state index is -1.20. The lowest BCUT2D eigenvalue weighted by atomic mass is 9.71. The molecule has 0 unspecified atom stereocenters. The third-order valence-corrected chi connectivity index (χ3v) is 8.11. The molecular weight excluding hydrogens is 476 g/mol. The zero-order valence-corrected chi connectivity index (χ0v) is 23.3. The Morgan fingerprint density at radius 2 is 1.89 bits per heavy atom. The van der Waals surface area contributed by atoms with Gasteiger partial charge in [-0.15, -0.1) is 6.58 Å². The van der Waals surface area contributed by atoms with Crippen LogP contribution in [0.5, 0.6) is 0 Å². The number of aliphatic hydroxyl groups is 2. The fourth-order valence-electron chi connectivity index (χ4n) is 5.30. The van der Waals surface area contributed by atoms with Gasteiger partial charge in [0.1, 0.15) is 5.78 Å². The van der Waals surface area contributed by atoms with Gasteiger partial charge in [0, 0.05) is 11.3 Å². The van der Waals surface area contributed by atoms with Crippen molar-refractivity contribution in [3.8, 4) is 0 Å². The second-order valence-corrected chi connectivity index (χ2v) is 11.5. The van der Waals surface area contributed by atoms with Crippen LogP contribution < -0.4 is 5.32 Å². The summed E-state index contributed by atoms with van der Waals surface area (Å²) in [4.78, 5) is 31.7. The molecule has 1 aliphatic heterocycles. The molecule has 2 heterocycles. The number of benzene rings is 1. The Balaban J connectivity index is 1.93. The van der Waals surface area contributed by atoms with E-state index in [4.69, 9.17) is 4.98 Å². The highest BCUT2D eigenvalue weighted by Gasteiger charge is 2.43. The molecule has 0 spiro atoms. The molecule has 0 saturated carbocycles.